The number of nitrogens with two attached hydrogens (primary N) is 1. The van der Waals surface area contributed by atoms with E-state index in [2.05, 4.69) is 20.4 Å². The third-order valence-electron chi connectivity index (χ3n) is 6.62. The lowest BCUT2D eigenvalue weighted by atomic mass is 9.81. The van der Waals surface area contributed by atoms with Crippen LogP contribution in [0.3, 0.4) is 0 Å². The Bertz CT molecular complexity index is 1380. The summed E-state index contributed by atoms with van der Waals surface area (Å²) in [6.45, 7) is 0. The largest absolute Gasteiger partial charge is 0.323 e. The zero-order valence-electron chi connectivity index (χ0n) is 17.8. The highest BCUT2D eigenvalue weighted by Gasteiger charge is 2.48. The maximum absolute atomic E-state index is 15.6. The molecule has 0 unspecified atom stereocenters. The molecule has 3 aromatic heterocycles. The quantitative estimate of drug-likeness (QED) is 0.599. The van der Waals surface area contributed by atoms with Gasteiger partial charge in [0.15, 0.2) is 5.03 Å². The first-order valence-electron chi connectivity index (χ1n) is 11.0. The maximum atomic E-state index is 15.6. The van der Waals surface area contributed by atoms with Crippen molar-refractivity contribution in [3.05, 3.63) is 30.6 Å². The smallest absolute Gasteiger partial charge is 0.255 e. The topological polar surface area (TPSA) is 131 Å². The van der Waals surface area contributed by atoms with Crippen molar-refractivity contribution in [3.63, 3.8) is 0 Å². The third kappa shape index (κ3) is 3.35. The Morgan fingerprint density at radius 3 is 2.58 bits per heavy atom. The lowest BCUT2D eigenvalue weighted by Crippen LogP contribution is -2.48. The predicted molar refractivity (Wildman–Crippen MR) is 122 cm³/mol. The summed E-state index contributed by atoms with van der Waals surface area (Å²) in [5.41, 5.74) is 0.339. The van der Waals surface area contributed by atoms with Crippen LogP contribution in [0, 0.1) is 0 Å². The van der Waals surface area contributed by atoms with Crippen LogP contribution in [0.1, 0.15) is 44.9 Å². The Balaban J connectivity index is 1.43. The standard InChI is InChI=1S/C21H23FN8O2S/c22-19-21(8-2-1-3-9-21)29-17(30(28-19)15-5-6-15)10-13-11-25-20(27-18(13)29)26-14-4-7-16(24-12-14)33(23,31)32/h4,7,10-12,15H,1-3,5-6,8-9H2,(H2,23,31,32)(H,25,26,27). The van der Waals surface area contributed by atoms with Crippen molar-refractivity contribution in [1.29, 1.82) is 0 Å². The summed E-state index contributed by atoms with van der Waals surface area (Å²) in [7, 11) is -3.88. The SMILES string of the molecule is NS(=O)(=O)c1ccc(Nc2ncc3cc4n(c3n2)C2(CCCCC2)C(F)=NN4C2CC2)cn1. The molecular weight excluding hydrogens is 447 g/mol. The molecule has 172 valence electrons. The Morgan fingerprint density at radius 2 is 1.91 bits per heavy atom. The molecule has 2 saturated carbocycles. The van der Waals surface area contributed by atoms with Gasteiger partial charge in [0.25, 0.3) is 10.0 Å². The van der Waals surface area contributed by atoms with E-state index < -0.39 is 15.6 Å². The van der Waals surface area contributed by atoms with Gasteiger partial charge in [-0.25, -0.2) is 28.5 Å². The van der Waals surface area contributed by atoms with Gasteiger partial charge in [-0.3, -0.25) is 4.57 Å². The van der Waals surface area contributed by atoms with Gasteiger partial charge in [0.1, 0.15) is 17.0 Å². The molecule has 10 nitrogen and oxygen atoms in total. The number of nitrogens with one attached hydrogen (secondary N) is 1. The molecule has 1 aliphatic heterocycles. The molecule has 0 amide bonds. The number of sulfonamides is 1. The Hall–Kier alpha value is -3.12. The molecule has 12 heteroatoms. The fourth-order valence-corrected chi connectivity index (χ4v) is 5.32. The molecule has 33 heavy (non-hydrogen) atoms. The summed E-state index contributed by atoms with van der Waals surface area (Å²) in [4.78, 5) is 13.0. The van der Waals surface area contributed by atoms with E-state index in [1.807, 2.05) is 10.6 Å². The van der Waals surface area contributed by atoms with E-state index in [-0.39, 0.29) is 17.0 Å². The summed E-state index contributed by atoms with van der Waals surface area (Å²) < 4.78 is 40.5. The van der Waals surface area contributed by atoms with E-state index in [9.17, 15) is 8.42 Å². The average molecular weight is 471 g/mol. The second-order valence-corrected chi connectivity index (χ2v) is 10.4. The number of halogens is 1. The Morgan fingerprint density at radius 1 is 1.12 bits per heavy atom. The van der Waals surface area contributed by atoms with Crippen LogP contribution in [0.5, 0.6) is 0 Å². The van der Waals surface area contributed by atoms with Crippen molar-refractivity contribution in [2.24, 2.45) is 10.2 Å². The van der Waals surface area contributed by atoms with E-state index in [1.165, 1.54) is 18.3 Å². The third-order valence-corrected chi connectivity index (χ3v) is 7.45. The van der Waals surface area contributed by atoms with Crippen molar-refractivity contribution >= 4 is 44.5 Å². The number of hydrogen-bond acceptors (Lipinski definition) is 8. The number of hydrogen-bond donors (Lipinski definition) is 2. The number of fused-ring (bicyclic) bond motifs is 4. The minimum atomic E-state index is -3.88. The van der Waals surface area contributed by atoms with Crippen LogP contribution in [0.2, 0.25) is 0 Å². The number of hydrazone groups is 1. The molecule has 0 atom stereocenters. The number of pyridine rings is 1. The van der Waals surface area contributed by atoms with E-state index in [0.29, 0.717) is 30.1 Å². The van der Waals surface area contributed by atoms with E-state index >= 15 is 4.39 Å². The Kier molecular flexibility index (Phi) is 4.46. The number of aromatic nitrogens is 4. The van der Waals surface area contributed by atoms with Crippen LogP contribution in [0.15, 0.2) is 40.7 Å². The molecule has 3 N–H and O–H groups in total. The second-order valence-electron chi connectivity index (χ2n) is 8.92. The van der Waals surface area contributed by atoms with Crippen molar-refractivity contribution in [1.82, 2.24) is 19.5 Å². The van der Waals surface area contributed by atoms with Crippen molar-refractivity contribution in [3.8, 4) is 0 Å². The van der Waals surface area contributed by atoms with Gasteiger partial charge in [-0.1, -0.05) is 19.3 Å². The number of nitrogens with zero attached hydrogens (tertiary/aromatic N) is 6. The first-order valence-corrected chi connectivity index (χ1v) is 12.6. The maximum Gasteiger partial charge on any atom is 0.255 e. The first kappa shape index (κ1) is 20.5. The van der Waals surface area contributed by atoms with Gasteiger partial charge < -0.3 is 5.32 Å². The van der Waals surface area contributed by atoms with Crippen LogP contribution >= 0.6 is 0 Å². The van der Waals surface area contributed by atoms with Gasteiger partial charge in [0, 0.05) is 11.6 Å². The van der Waals surface area contributed by atoms with Gasteiger partial charge in [0.2, 0.25) is 11.9 Å². The average Bonchev–Trinajstić information content (AvgIpc) is 3.57. The highest BCUT2D eigenvalue weighted by Crippen LogP contribution is 2.47. The molecule has 1 spiro atoms. The normalized spacial score (nSPS) is 20.1. The summed E-state index contributed by atoms with van der Waals surface area (Å²) in [5.74, 6) is 0.830. The molecule has 3 aliphatic rings. The lowest BCUT2D eigenvalue weighted by Gasteiger charge is -2.42. The number of primary sulfonamides is 1. The van der Waals surface area contributed by atoms with Crippen LogP contribution in [-0.2, 0) is 15.6 Å². The summed E-state index contributed by atoms with van der Waals surface area (Å²) in [6, 6.07) is 5.06. The van der Waals surface area contributed by atoms with Crippen molar-refractivity contribution < 1.29 is 12.8 Å². The zero-order chi connectivity index (χ0) is 22.8. The van der Waals surface area contributed by atoms with Crippen molar-refractivity contribution in [2.45, 2.75) is 61.6 Å². The van der Waals surface area contributed by atoms with E-state index in [4.69, 9.17) is 10.1 Å². The van der Waals surface area contributed by atoms with Gasteiger partial charge in [-0.05, 0) is 43.9 Å². The second kappa shape index (κ2) is 7.19. The minimum Gasteiger partial charge on any atom is -0.323 e. The molecule has 2 aliphatic carbocycles. The fraction of sp³-hybridized carbons (Fsp3) is 0.429. The monoisotopic (exact) mass is 470 g/mol. The molecule has 0 aromatic carbocycles. The Labute approximate surface area is 189 Å². The van der Waals surface area contributed by atoms with Gasteiger partial charge >= 0.3 is 0 Å². The predicted octanol–water partition coefficient (Wildman–Crippen LogP) is 3.14. The number of anilines is 3. The molecule has 0 saturated heterocycles. The van der Waals surface area contributed by atoms with E-state index in [0.717, 1.165) is 43.3 Å². The van der Waals surface area contributed by atoms with Crippen LogP contribution in [0.4, 0.5) is 21.8 Å². The van der Waals surface area contributed by atoms with Gasteiger partial charge in [-0.15, -0.1) is 5.10 Å². The lowest BCUT2D eigenvalue weighted by molar-refractivity contribution is 0.262. The molecule has 4 heterocycles. The van der Waals surface area contributed by atoms with Gasteiger partial charge in [0.05, 0.1) is 17.9 Å². The molecule has 6 rings (SSSR count). The highest BCUT2D eigenvalue weighted by molar-refractivity contribution is 7.89. The van der Waals surface area contributed by atoms with Crippen LogP contribution < -0.4 is 15.5 Å². The fourth-order valence-electron chi connectivity index (χ4n) is 4.86. The van der Waals surface area contributed by atoms with Crippen molar-refractivity contribution in [2.75, 3.05) is 10.3 Å². The molecular formula is C21H23FN8O2S. The molecule has 3 aromatic rings. The van der Waals surface area contributed by atoms with Gasteiger partial charge in [-0.2, -0.15) is 9.37 Å². The molecule has 0 bridgehead atoms. The molecule has 0 radical (unpaired) electrons. The van der Waals surface area contributed by atoms with E-state index in [1.54, 1.807) is 11.2 Å². The minimum absolute atomic E-state index is 0.216. The van der Waals surface area contributed by atoms with Crippen LogP contribution in [0.25, 0.3) is 11.0 Å². The molecule has 2 fully saturated rings. The first-order chi connectivity index (χ1) is 15.8. The summed E-state index contributed by atoms with van der Waals surface area (Å²) in [6.07, 6.45) is 9.36. The zero-order valence-corrected chi connectivity index (χ0v) is 18.6. The van der Waals surface area contributed by atoms with Crippen LogP contribution in [-0.4, -0.2) is 39.9 Å². The number of rotatable bonds is 4. The summed E-state index contributed by atoms with van der Waals surface area (Å²) in [5, 5.41) is 15.0. The highest BCUT2D eigenvalue weighted by atomic mass is 32.2. The summed E-state index contributed by atoms with van der Waals surface area (Å²) >= 11 is 0.